The molecular formula is C14H28N2O2. The van der Waals surface area contributed by atoms with Crippen LogP contribution in [0.2, 0.25) is 0 Å². The maximum Gasteiger partial charge on any atom is 0.309 e. The van der Waals surface area contributed by atoms with Crippen LogP contribution in [0.3, 0.4) is 0 Å². The lowest BCUT2D eigenvalue weighted by Gasteiger charge is -2.29. The summed E-state index contributed by atoms with van der Waals surface area (Å²) in [4.78, 5) is 11.9. The molecule has 0 radical (unpaired) electrons. The van der Waals surface area contributed by atoms with Gasteiger partial charge in [0.05, 0.1) is 5.92 Å². The van der Waals surface area contributed by atoms with E-state index in [2.05, 4.69) is 5.32 Å². The van der Waals surface area contributed by atoms with Gasteiger partial charge < -0.3 is 15.8 Å². The van der Waals surface area contributed by atoms with Crippen molar-refractivity contribution in [2.24, 2.45) is 17.6 Å². The van der Waals surface area contributed by atoms with Gasteiger partial charge in [-0.1, -0.05) is 0 Å². The number of rotatable bonds is 5. The molecule has 106 valence electrons. The largest absolute Gasteiger partial charge is 0.460 e. The molecule has 4 nitrogen and oxygen atoms in total. The van der Waals surface area contributed by atoms with E-state index in [1.165, 1.54) is 0 Å². The molecule has 3 N–H and O–H groups in total. The predicted molar refractivity (Wildman–Crippen MR) is 73.2 cm³/mol. The highest BCUT2D eigenvalue weighted by molar-refractivity contribution is 5.72. The normalized spacial score (nSPS) is 24.9. The quantitative estimate of drug-likeness (QED) is 0.580. The molecule has 0 aromatic rings. The van der Waals surface area contributed by atoms with Crippen molar-refractivity contribution in [3.05, 3.63) is 0 Å². The summed E-state index contributed by atoms with van der Waals surface area (Å²) in [6.07, 6.45) is 4.15. The zero-order valence-electron chi connectivity index (χ0n) is 12.0. The minimum atomic E-state index is -0.364. The van der Waals surface area contributed by atoms with Gasteiger partial charge in [0, 0.05) is 13.1 Å². The summed E-state index contributed by atoms with van der Waals surface area (Å²) < 4.78 is 5.44. The molecule has 4 heteroatoms. The molecule has 0 bridgehead atoms. The van der Waals surface area contributed by atoms with Gasteiger partial charge in [-0.25, -0.2) is 0 Å². The second-order valence-electron chi connectivity index (χ2n) is 6.24. The first-order valence-electron chi connectivity index (χ1n) is 7.06. The van der Waals surface area contributed by atoms with E-state index in [-0.39, 0.29) is 17.5 Å². The van der Waals surface area contributed by atoms with E-state index in [4.69, 9.17) is 10.5 Å². The average molecular weight is 256 g/mol. The molecule has 0 heterocycles. The van der Waals surface area contributed by atoms with Crippen molar-refractivity contribution in [2.45, 2.75) is 52.1 Å². The van der Waals surface area contributed by atoms with Crippen molar-refractivity contribution < 1.29 is 9.53 Å². The van der Waals surface area contributed by atoms with Gasteiger partial charge in [-0.05, 0) is 58.9 Å². The lowest BCUT2D eigenvalue weighted by molar-refractivity contribution is -0.161. The minimum absolute atomic E-state index is 0.0177. The molecule has 1 fully saturated rings. The molecule has 0 spiro atoms. The van der Waals surface area contributed by atoms with E-state index in [1.54, 1.807) is 0 Å². The van der Waals surface area contributed by atoms with Crippen molar-refractivity contribution in [3.63, 3.8) is 0 Å². The Balaban J connectivity index is 2.24. The summed E-state index contributed by atoms with van der Waals surface area (Å²) in [6, 6.07) is 0. The molecule has 0 atom stereocenters. The number of esters is 1. The van der Waals surface area contributed by atoms with Gasteiger partial charge in [-0.3, -0.25) is 4.79 Å². The van der Waals surface area contributed by atoms with Crippen LogP contribution in [-0.4, -0.2) is 31.2 Å². The van der Waals surface area contributed by atoms with Crippen LogP contribution in [0.4, 0.5) is 0 Å². The van der Waals surface area contributed by atoms with Gasteiger partial charge >= 0.3 is 5.97 Å². The second-order valence-corrected chi connectivity index (χ2v) is 6.24. The summed E-state index contributed by atoms with van der Waals surface area (Å²) in [6.45, 7) is 8.37. The molecular weight excluding hydrogens is 228 g/mol. The Kier molecular flexibility index (Phi) is 6.09. The summed E-state index contributed by atoms with van der Waals surface area (Å²) in [5.74, 6) is 0.779. The van der Waals surface area contributed by atoms with Crippen LogP contribution < -0.4 is 11.1 Å². The van der Waals surface area contributed by atoms with E-state index in [0.717, 1.165) is 38.8 Å². The molecule has 0 saturated heterocycles. The number of nitrogens with two attached hydrogens (primary N) is 1. The van der Waals surface area contributed by atoms with Crippen LogP contribution in [0.1, 0.15) is 46.5 Å². The van der Waals surface area contributed by atoms with E-state index in [1.807, 2.05) is 20.8 Å². The van der Waals surface area contributed by atoms with Crippen molar-refractivity contribution in [1.29, 1.82) is 0 Å². The number of carbonyl (C=O) groups excluding carboxylic acids is 1. The first kappa shape index (κ1) is 15.4. The second kappa shape index (κ2) is 7.10. The molecule has 1 aliphatic rings. The third kappa shape index (κ3) is 5.83. The number of hydrogen-bond donors (Lipinski definition) is 2. The Morgan fingerprint density at radius 3 is 2.39 bits per heavy atom. The van der Waals surface area contributed by atoms with Crippen LogP contribution in [0.5, 0.6) is 0 Å². The summed E-state index contributed by atoms with van der Waals surface area (Å²) in [7, 11) is 0. The minimum Gasteiger partial charge on any atom is -0.460 e. The highest BCUT2D eigenvalue weighted by Gasteiger charge is 2.29. The van der Waals surface area contributed by atoms with Crippen LogP contribution >= 0.6 is 0 Å². The Labute approximate surface area is 111 Å². The molecule has 1 rings (SSSR count). The van der Waals surface area contributed by atoms with Crippen LogP contribution in [0, 0.1) is 11.8 Å². The first-order valence-corrected chi connectivity index (χ1v) is 7.06. The summed E-state index contributed by atoms with van der Waals surface area (Å²) >= 11 is 0. The molecule has 1 saturated carbocycles. The highest BCUT2D eigenvalue weighted by atomic mass is 16.6. The van der Waals surface area contributed by atoms with E-state index < -0.39 is 0 Å². The van der Waals surface area contributed by atoms with Crippen molar-refractivity contribution in [2.75, 3.05) is 19.6 Å². The van der Waals surface area contributed by atoms with Crippen molar-refractivity contribution in [1.82, 2.24) is 5.32 Å². The van der Waals surface area contributed by atoms with Gasteiger partial charge in [0.25, 0.3) is 0 Å². The topological polar surface area (TPSA) is 64.3 Å². The third-order valence-corrected chi connectivity index (χ3v) is 3.34. The van der Waals surface area contributed by atoms with Crippen LogP contribution in [0.15, 0.2) is 0 Å². The van der Waals surface area contributed by atoms with E-state index in [9.17, 15) is 4.79 Å². The predicted octanol–water partition coefficient (Wildman–Crippen LogP) is 1.68. The standard InChI is InChI=1S/C14H28N2O2/c1-14(2,3)18-13(17)12-6-4-11(5-7-12)10-16-9-8-15/h11-12,16H,4-10,15H2,1-3H3. The van der Waals surface area contributed by atoms with Gasteiger partial charge in [0.15, 0.2) is 0 Å². The molecule has 18 heavy (non-hydrogen) atoms. The summed E-state index contributed by atoms with van der Waals surface area (Å²) in [5, 5.41) is 3.35. The van der Waals surface area contributed by atoms with Gasteiger partial charge in [-0.15, -0.1) is 0 Å². The fourth-order valence-electron chi connectivity index (χ4n) is 2.40. The Bertz CT molecular complexity index is 253. The summed E-state index contributed by atoms with van der Waals surface area (Å²) in [5.41, 5.74) is 5.08. The van der Waals surface area contributed by atoms with E-state index in [0.29, 0.717) is 12.5 Å². The number of carbonyl (C=O) groups is 1. The van der Waals surface area contributed by atoms with E-state index >= 15 is 0 Å². The first-order chi connectivity index (χ1) is 8.42. The Morgan fingerprint density at radius 2 is 1.89 bits per heavy atom. The fourth-order valence-corrected chi connectivity index (χ4v) is 2.40. The van der Waals surface area contributed by atoms with Gasteiger partial charge in [-0.2, -0.15) is 0 Å². The molecule has 0 unspecified atom stereocenters. The van der Waals surface area contributed by atoms with Gasteiger partial charge in [0.2, 0.25) is 0 Å². The van der Waals surface area contributed by atoms with Crippen molar-refractivity contribution >= 4 is 5.97 Å². The van der Waals surface area contributed by atoms with Gasteiger partial charge in [0.1, 0.15) is 5.60 Å². The maximum atomic E-state index is 11.9. The third-order valence-electron chi connectivity index (χ3n) is 3.34. The lowest BCUT2D eigenvalue weighted by Crippen LogP contribution is -2.34. The molecule has 0 aromatic carbocycles. The van der Waals surface area contributed by atoms with Crippen LogP contribution in [-0.2, 0) is 9.53 Å². The molecule has 1 aliphatic carbocycles. The fraction of sp³-hybridized carbons (Fsp3) is 0.929. The lowest BCUT2D eigenvalue weighted by atomic mass is 9.82. The highest BCUT2D eigenvalue weighted by Crippen LogP contribution is 2.30. The molecule has 0 aliphatic heterocycles. The monoisotopic (exact) mass is 256 g/mol. The molecule has 0 amide bonds. The average Bonchev–Trinajstić information content (AvgIpc) is 2.28. The zero-order valence-corrected chi connectivity index (χ0v) is 12.0. The maximum absolute atomic E-state index is 11.9. The SMILES string of the molecule is CC(C)(C)OC(=O)C1CCC(CNCCN)CC1. The Morgan fingerprint density at radius 1 is 1.28 bits per heavy atom. The number of nitrogens with one attached hydrogen (secondary N) is 1. The Hall–Kier alpha value is -0.610. The molecule has 0 aromatic heterocycles. The number of hydrogen-bond acceptors (Lipinski definition) is 4. The van der Waals surface area contributed by atoms with Crippen molar-refractivity contribution in [3.8, 4) is 0 Å². The zero-order chi connectivity index (χ0) is 13.6. The van der Waals surface area contributed by atoms with Crippen LogP contribution in [0.25, 0.3) is 0 Å². The number of ether oxygens (including phenoxy) is 1. The smallest absolute Gasteiger partial charge is 0.309 e.